The molecule has 2 aromatic carbocycles. The molecule has 0 saturated heterocycles. The summed E-state index contributed by atoms with van der Waals surface area (Å²) in [6, 6.07) is 17.9. The summed E-state index contributed by atoms with van der Waals surface area (Å²) in [4.78, 5) is 21.5. The molecular formula is C23H20FN3O2S2. The number of aromatic nitrogens is 2. The lowest BCUT2D eigenvalue weighted by atomic mass is 10.2. The van der Waals surface area contributed by atoms with Gasteiger partial charge in [0.1, 0.15) is 22.4 Å². The Morgan fingerprint density at radius 3 is 2.52 bits per heavy atom. The standard InChI is InChI=1S/C23H20FN3O2S2/c1-30-19-10-6-16(7-11-19)22-26-21(15-4-8-17(24)9-5-15)23(27-22)31-14-20(28)25-13-18-3-2-12-29-18/h2-12H,13-14H2,1H3,(H,25,28)(H,26,27). The van der Waals surface area contributed by atoms with Crippen molar-refractivity contribution < 1.29 is 13.6 Å². The van der Waals surface area contributed by atoms with Crippen LogP contribution in [0.2, 0.25) is 0 Å². The topological polar surface area (TPSA) is 70.9 Å². The van der Waals surface area contributed by atoms with Gasteiger partial charge in [-0.3, -0.25) is 4.79 Å². The van der Waals surface area contributed by atoms with Gasteiger partial charge in [-0.15, -0.1) is 11.8 Å². The molecule has 0 spiro atoms. The molecule has 4 rings (SSSR count). The van der Waals surface area contributed by atoms with Crippen molar-refractivity contribution in [1.82, 2.24) is 15.3 Å². The molecule has 0 aliphatic rings. The predicted octanol–water partition coefficient (Wildman–Crippen LogP) is 5.61. The molecule has 0 aliphatic heterocycles. The van der Waals surface area contributed by atoms with Crippen molar-refractivity contribution in [2.24, 2.45) is 0 Å². The average Bonchev–Trinajstić information content (AvgIpc) is 3.47. The third kappa shape index (κ3) is 5.39. The minimum Gasteiger partial charge on any atom is -0.467 e. The van der Waals surface area contributed by atoms with Gasteiger partial charge in [0.15, 0.2) is 0 Å². The molecule has 158 valence electrons. The van der Waals surface area contributed by atoms with E-state index in [1.54, 1.807) is 36.2 Å². The van der Waals surface area contributed by atoms with E-state index in [0.717, 1.165) is 21.7 Å². The number of rotatable bonds is 8. The zero-order valence-electron chi connectivity index (χ0n) is 16.7. The fourth-order valence-corrected chi connectivity index (χ4v) is 4.19. The Kier molecular flexibility index (Phi) is 6.79. The van der Waals surface area contributed by atoms with E-state index in [1.165, 1.54) is 23.9 Å². The first-order valence-electron chi connectivity index (χ1n) is 9.54. The summed E-state index contributed by atoms with van der Waals surface area (Å²) in [7, 11) is 0. The van der Waals surface area contributed by atoms with E-state index in [0.29, 0.717) is 23.2 Å². The maximum Gasteiger partial charge on any atom is 0.230 e. The molecule has 2 N–H and O–H groups in total. The van der Waals surface area contributed by atoms with E-state index < -0.39 is 0 Å². The fourth-order valence-electron chi connectivity index (χ4n) is 2.94. The number of H-pyrrole nitrogens is 1. The van der Waals surface area contributed by atoms with E-state index >= 15 is 0 Å². The van der Waals surface area contributed by atoms with Crippen LogP contribution in [0.25, 0.3) is 22.6 Å². The maximum atomic E-state index is 13.4. The summed E-state index contributed by atoms with van der Waals surface area (Å²) in [6.07, 6.45) is 3.60. The number of imidazole rings is 1. The van der Waals surface area contributed by atoms with Gasteiger partial charge in [-0.25, -0.2) is 9.37 Å². The Morgan fingerprint density at radius 1 is 1.10 bits per heavy atom. The van der Waals surface area contributed by atoms with Crippen molar-refractivity contribution >= 4 is 29.4 Å². The number of hydrogen-bond acceptors (Lipinski definition) is 5. The van der Waals surface area contributed by atoms with Gasteiger partial charge < -0.3 is 14.7 Å². The highest BCUT2D eigenvalue weighted by Crippen LogP contribution is 2.33. The summed E-state index contributed by atoms with van der Waals surface area (Å²) in [5.74, 6) is 1.17. The molecule has 4 aromatic rings. The van der Waals surface area contributed by atoms with Gasteiger partial charge in [0.25, 0.3) is 0 Å². The molecule has 0 aliphatic carbocycles. The van der Waals surface area contributed by atoms with Gasteiger partial charge in [-0.1, -0.05) is 23.9 Å². The monoisotopic (exact) mass is 453 g/mol. The number of hydrogen-bond donors (Lipinski definition) is 2. The van der Waals surface area contributed by atoms with Crippen LogP contribution >= 0.6 is 23.5 Å². The summed E-state index contributed by atoms with van der Waals surface area (Å²) in [5, 5.41) is 3.51. The average molecular weight is 454 g/mol. The van der Waals surface area contributed by atoms with Gasteiger partial charge in [0.2, 0.25) is 5.91 Å². The number of halogens is 1. The highest BCUT2D eigenvalue weighted by atomic mass is 32.2. The van der Waals surface area contributed by atoms with E-state index in [2.05, 4.69) is 10.3 Å². The molecule has 31 heavy (non-hydrogen) atoms. The Hall–Kier alpha value is -2.97. The number of amides is 1. The van der Waals surface area contributed by atoms with Crippen molar-refractivity contribution in [2.45, 2.75) is 16.5 Å². The van der Waals surface area contributed by atoms with Crippen LogP contribution in [0.5, 0.6) is 0 Å². The van der Waals surface area contributed by atoms with Crippen molar-refractivity contribution in [3.63, 3.8) is 0 Å². The fraction of sp³-hybridized carbons (Fsp3) is 0.130. The number of thioether (sulfide) groups is 2. The summed E-state index contributed by atoms with van der Waals surface area (Å²) >= 11 is 3.00. The van der Waals surface area contributed by atoms with Gasteiger partial charge in [0.05, 0.1) is 24.3 Å². The van der Waals surface area contributed by atoms with Crippen LogP contribution in [0.15, 0.2) is 81.3 Å². The summed E-state index contributed by atoms with van der Waals surface area (Å²) in [5.41, 5.74) is 2.50. The normalized spacial score (nSPS) is 10.9. The first kappa shape index (κ1) is 21.3. The van der Waals surface area contributed by atoms with Gasteiger partial charge in [-0.2, -0.15) is 0 Å². The summed E-state index contributed by atoms with van der Waals surface area (Å²) in [6.45, 7) is 0.338. The highest BCUT2D eigenvalue weighted by Gasteiger charge is 2.16. The molecule has 0 saturated carbocycles. The smallest absolute Gasteiger partial charge is 0.230 e. The van der Waals surface area contributed by atoms with Crippen LogP contribution in [-0.4, -0.2) is 27.9 Å². The van der Waals surface area contributed by atoms with E-state index in [1.807, 2.05) is 36.6 Å². The number of carbonyl (C=O) groups excluding carboxylic acids is 1. The first-order chi connectivity index (χ1) is 15.1. The van der Waals surface area contributed by atoms with Crippen molar-refractivity contribution in [3.8, 4) is 22.6 Å². The van der Waals surface area contributed by atoms with Gasteiger partial charge in [-0.05, 0) is 54.8 Å². The molecule has 8 heteroatoms. The molecule has 2 heterocycles. The molecule has 0 bridgehead atoms. The number of furan rings is 1. The van der Waals surface area contributed by atoms with Crippen LogP contribution in [0, 0.1) is 5.82 Å². The van der Waals surface area contributed by atoms with E-state index in [9.17, 15) is 9.18 Å². The largest absolute Gasteiger partial charge is 0.467 e. The number of aromatic amines is 1. The van der Waals surface area contributed by atoms with Crippen LogP contribution in [0.3, 0.4) is 0 Å². The molecule has 0 radical (unpaired) electrons. The van der Waals surface area contributed by atoms with Crippen molar-refractivity contribution in [1.29, 1.82) is 0 Å². The second-order valence-corrected chi connectivity index (χ2v) is 8.49. The van der Waals surface area contributed by atoms with E-state index in [4.69, 9.17) is 9.40 Å². The lowest BCUT2D eigenvalue weighted by Crippen LogP contribution is -2.24. The molecular weight excluding hydrogens is 433 g/mol. The number of nitrogens with zero attached hydrogens (tertiary/aromatic N) is 1. The molecule has 2 aromatic heterocycles. The number of benzene rings is 2. The zero-order chi connectivity index (χ0) is 21.6. The molecule has 0 fully saturated rings. The number of nitrogens with one attached hydrogen (secondary N) is 2. The lowest BCUT2D eigenvalue weighted by Gasteiger charge is -2.04. The SMILES string of the molecule is CSc1ccc(-c2nc(SCC(=O)NCc3ccco3)c(-c3ccc(F)cc3)[nH]2)cc1. The molecule has 5 nitrogen and oxygen atoms in total. The lowest BCUT2D eigenvalue weighted by molar-refractivity contribution is -0.118. The molecule has 1 amide bonds. The van der Waals surface area contributed by atoms with Crippen LogP contribution < -0.4 is 5.32 Å². The minimum atomic E-state index is -0.303. The maximum absolute atomic E-state index is 13.4. The van der Waals surface area contributed by atoms with Gasteiger partial charge >= 0.3 is 0 Å². The Balaban J connectivity index is 1.54. The van der Waals surface area contributed by atoms with Crippen LogP contribution in [-0.2, 0) is 11.3 Å². The Morgan fingerprint density at radius 2 is 1.84 bits per heavy atom. The Bertz CT molecular complexity index is 1140. The minimum absolute atomic E-state index is 0.125. The number of carbonyl (C=O) groups is 1. The second-order valence-electron chi connectivity index (χ2n) is 6.65. The van der Waals surface area contributed by atoms with Crippen molar-refractivity contribution in [2.75, 3.05) is 12.0 Å². The third-order valence-corrected chi connectivity index (χ3v) is 6.27. The first-order valence-corrected chi connectivity index (χ1v) is 11.8. The quantitative estimate of drug-likeness (QED) is 0.340. The predicted molar refractivity (Wildman–Crippen MR) is 122 cm³/mol. The summed E-state index contributed by atoms with van der Waals surface area (Å²) < 4.78 is 18.6. The van der Waals surface area contributed by atoms with Crippen molar-refractivity contribution in [3.05, 3.63) is 78.5 Å². The van der Waals surface area contributed by atoms with Crippen LogP contribution in [0.1, 0.15) is 5.76 Å². The molecule has 0 atom stereocenters. The zero-order valence-corrected chi connectivity index (χ0v) is 18.4. The Labute approximate surface area is 187 Å². The van der Waals surface area contributed by atoms with Gasteiger partial charge in [0, 0.05) is 16.0 Å². The highest BCUT2D eigenvalue weighted by molar-refractivity contribution is 8.00. The third-order valence-electron chi connectivity index (χ3n) is 4.55. The second kappa shape index (κ2) is 9.89. The van der Waals surface area contributed by atoms with Crippen LogP contribution in [0.4, 0.5) is 4.39 Å². The molecule has 0 unspecified atom stereocenters. The van der Waals surface area contributed by atoms with E-state index in [-0.39, 0.29) is 17.5 Å².